The lowest BCUT2D eigenvalue weighted by atomic mass is 10.1. The van der Waals surface area contributed by atoms with E-state index in [9.17, 15) is 4.39 Å². The molecule has 1 rings (SSSR count). The topological polar surface area (TPSA) is 24.4 Å². The quantitative estimate of drug-likeness (QED) is 0.601. The Labute approximate surface area is 95.9 Å². The van der Waals surface area contributed by atoms with Crippen LogP contribution in [0.3, 0.4) is 0 Å². The highest BCUT2D eigenvalue weighted by atomic mass is 19.1. The summed E-state index contributed by atoms with van der Waals surface area (Å²) in [7, 11) is 1.71. The van der Waals surface area contributed by atoms with E-state index in [1.165, 1.54) is 6.07 Å². The molecule has 0 aromatic heterocycles. The second-order valence-corrected chi connectivity index (χ2v) is 3.63. The molecular formula is C13H17FN2. The summed E-state index contributed by atoms with van der Waals surface area (Å²) in [4.78, 5) is 4.16. The van der Waals surface area contributed by atoms with Crippen LogP contribution in [0, 0.1) is 12.7 Å². The molecule has 0 heterocycles. The first-order chi connectivity index (χ1) is 7.58. The number of hydrogen-bond acceptors (Lipinski definition) is 1. The van der Waals surface area contributed by atoms with Gasteiger partial charge in [-0.2, -0.15) is 0 Å². The molecule has 86 valence electrons. The molecule has 0 saturated heterocycles. The van der Waals surface area contributed by atoms with E-state index >= 15 is 0 Å². The van der Waals surface area contributed by atoms with E-state index in [0.29, 0.717) is 5.56 Å². The van der Waals surface area contributed by atoms with Crippen molar-refractivity contribution < 1.29 is 4.39 Å². The van der Waals surface area contributed by atoms with Crippen molar-refractivity contribution in [2.45, 2.75) is 20.8 Å². The molecule has 0 unspecified atom stereocenters. The van der Waals surface area contributed by atoms with Gasteiger partial charge in [0, 0.05) is 18.3 Å². The fraction of sp³-hybridized carbons (Fsp3) is 0.308. The number of halogens is 1. The minimum Gasteiger partial charge on any atom is -0.344 e. The highest BCUT2D eigenvalue weighted by Gasteiger charge is 2.05. The Bertz CT molecular complexity index is 434. The fourth-order valence-corrected chi connectivity index (χ4v) is 1.31. The van der Waals surface area contributed by atoms with Crippen LogP contribution in [-0.2, 0) is 0 Å². The van der Waals surface area contributed by atoms with Crippen LogP contribution < -0.4 is 5.32 Å². The van der Waals surface area contributed by atoms with Crippen LogP contribution in [0.4, 0.5) is 4.39 Å². The van der Waals surface area contributed by atoms with Gasteiger partial charge in [-0.3, -0.25) is 4.99 Å². The van der Waals surface area contributed by atoms with Crippen molar-refractivity contribution >= 4 is 5.84 Å². The summed E-state index contributed by atoms with van der Waals surface area (Å²) >= 11 is 0. The van der Waals surface area contributed by atoms with Gasteiger partial charge in [-0.15, -0.1) is 0 Å². The zero-order valence-corrected chi connectivity index (χ0v) is 10.1. The van der Waals surface area contributed by atoms with E-state index in [1.807, 2.05) is 19.9 Å². The molecule has 16 heavy (non-hydrogen) atoms. The Hall–Kier alpha value is -1.64. The van der Waals surface area contributed by atoms with Gasteiger partial charge in [0.2, 0.25) is 0 Å². The highest BCUT2D eigenvalue weighted by Crippen LogP contribution is 2.10. The van der Waals surface area contributed by atoms with Gasteiger partial charge >= 0.3 is 0 Å². The summed E-state index contributed by atoms with van der Waals surface area (Å²) < 4.78 is 13.1. The van der Waals surface area contributed by atoms with E-state index in [2.05, 4.69) is 10.3 Å². The maximum atomic E-state index is 13.1. The Kier molecular flexibility index (Phi) is 4.23. The second-order valence-electron chi connectivity index (χ2n) is 3.63. The second kappa shape index (κ2) is 5.45. The first-order valence-corrected chi connectivity index (χ1v) is 5.21. The number of nitrogens with one attached hydrogen (secondary N) is 1. The van der Waals surface area contributed by atoms with Crippen LogP contribution in [0.25, 0.3) is 0 Å². The maximum absolute atomic E-state index is 13.1. The van der Waals surface area contributed by atoms with Crippen molar-refractivity contribution in [3.8, 4) is 0 Å². The molecule has 0 spiro atoms. The van der Waals surface area contributed by atoms with Gasteiger partial charge < -0.3 is 5.32 Å². The molecule has 1 aromatic rings. The van der Waals surface area contributed by atoms with Gasteiger partial charge in [0.05, 0.1) is 0 Å². The summed E-state index contributed by atoms with van der Waals surface area (Å²) in [6.45, 7) is 5.65. The molecular weight excluding hydrogens is 203 g/mol. The predicted molar refractivity (Wildman–Crippen MR) is 66.2 cm³/mol. The van der Waals surface area contributed by atoms with Gasteiger partial charge in [0.15, 0.2) is 0 Å². The van der Waals surface area contributed by atoms with Gasteiger partial charge in [0.25, 0.3) is 0 Å². The van der Waals surface area contributed by atoms with E-state index in [1.54, 1.807) is 26.1 Å². The molecule has 0 atom stereocenters. The third kappa shape index (κ3) is 2.92. The van der Waals surface area contributed by atoms with Crippen LogP contribution >= 0.6 is 0 Å². The number of rotatable bonds is 2. The average Bonchev–Trinajstić information content (AvgIpc) is 2.29. The van der Waals surface area contributed by atoms with E-state index < -0.39 is 0 Å². The van der Waals surface area contributed by atoms with Crippen LogP contribution in [0.1, 0.15) is 25.0 Å². The lowest BCUT2D eigenvalue weighted by molar-refractivity contribution is 0.618. The van der Waals surface area contributed by atoms with Crippen LogP contribution in [-0.4, -0.2) is 12.9 Å². The van der Waals surface area contributed by atoms with Crippen molar-refractivity contribution in [2.75, 3.05) is 7.05 Å². The number of allylic oxidation sites excluding steroid dienone is 2. The van der Waals surface area contributed by atoms with Gasteiger partial charge in [-0.05, 0) is 44.5 Å². The summed E-state index contributed by atoms with van der Waals surface area (Å²) in [6, 6.07) is 4.97. The molecule has 2 nitrogen and oxygen atoms in total. The number of hydrogen-bond donors (Lipinski definition) is 1. The summed E-state index contributed by atoms with van der Waals surface area (Å²) in [6.07, 6.45) is 1.96. The molecule has 0 fully saturated rings. The highest BCUT2D eigenvalue weighted by molar-refractivity contribution is 5.99. The van der Waals surface area contributed by atoms with Crippen molar-refractivity contribution in [3.63, 3.8) is 0 Å². The van der Waals surface area contributed by atoms with Gasteiger partial charge in [0.1, 0.15) is 11.7 Å². The smallest absolute Gasteiger partial charge is 0.132 e. The van der Waals surface area contributed by atoms with Crippen LogP contribution in [0.2, 0.25) is 0 Å². The standard InChI is InChI=1S/C13H17FN2/c1-5-10(3)16-13(15-4)11-6-7-12(14)9(2)8-11/h5-8H,1-4H3,(H,15,16)/b10-5+. The van der Waals surface area contributed by atoms with Crippen molar-refractivity contribution in [1.82, 2.24) is 5.32 Å². The molecule has 0 bridgehead atoms. The zero-order valence-electron chi connectivity index (χ0n) is 10.1. The first kappa shape index (κ1) is 12.4. The fourth-order valence-electron chi connectivity index (χ4n) is 1.31. The summed E-state index contributed by atoms with van der Waals surface area (Å²) in [5, 5.41) is 3.17. The predicted octanol–water partition coefficient (Wildman–Crippen LogP) is 3.02. The van der Waals surface area contributed by atoms with Crippen LogP contribution in [0.5, 0.6) is 0 Å². The SMILES string of the molecule is C/C=C(\C)NC(=NC)c1ccc(F)c(C)c1. The summed E-state index contributed by atoms with van der Waals surface area (Å²) in [5.74, 6) is 0.556. The average molecular weight is 220 g/mol. The minimum atomic E-state index is -0.193. The Morgan fingerprint density at radius 3 is 2.62 bits per heavy atom. The number of amidine groups is 1. The van der Waals surface area contributed by atoms with Crippen molar-refractivity contribution in [3.05, 3.63) is 46.9 Å². The van der Waals surface area contributed by atoms with E-state index in [0.717, 1.165) is 17.1 Å². The molecule has 1 aromatic carbocycles. The number of nitrogens with zero attached hydrogens (tertiary/aromatic N) is 1. The molecule has 0 aliphatic heterocycles. The lowest BCUT2D eigenvalue weighted by Crippen LogP contribution is -2.22. The molecule has 0 radical (unpaired) electrons. The van der Waals surface area contributed by atoms with Crippen molar-refractivity contribution in [2.24, 2.45) is 4.99 Å². The third-order valence-electron chi connectivity index (χ3n) is 2.40. The lowest BCUT2D eigenvalue weighted by Gasteiger charge is -2.10. The third-order valence-corrected chi connectivity index (χ3v) is 2.40. The maximum Gasteiger partial charge on any atom is 0.132 e. The Morgan fingerprint density at radius 2 is 2.12 bits per heavy atom. The molecule has 0 amide bonds. The molecule has 0 saturated carbocycles. The monoisotopic (exact) mass is 220 g/mol. The Morgan fingerprint density at radius 1 is 1.44 bits per heavy atom. The van der Waals surface area contributed by atoms with Gasteiger partial charge in [-0.25, -0.2) is 4.39 Å². The zero-order chi connectivity index (χ0) is 12.1. The van der Waals surface area contributed by atoms with E-state index in [-0.39, 0.29) is 5.82 Å². The molecule has 1 N–H and O–H groups in total. The van der Waals surface area contributed by atoms with Crippen LogP contribution in [0.15, 0.2) is 35.0 Å². The normalized spacial score (nSPS) is 12.8. The van der Waals surface area contributed by atoms with Gasteiger partial charge in [-0.1, -0.05) is 6.08 Å². The number of aliphatic imine (C=N–C) groups is 1. The number of aryl methyl sites for hydroxylation is 1. The Balaban J connectivity index is 3.01. The first-order valence-electron chi connectivity index (χ1n) is 5.21. The molecule has 3 heteroatoms. The summed E-state index contributed by atoms with van der Waals surface area (Å²) in [5.41, 5.74) is 2.53. The van der Waals surface area contributed by atoms with Crippen molar-refractivity contribution in [1.29, 1.82) is 0 Å². The number of benzene rings is 1. The minimum absolute atomic E-state index is 0.193. The van der Waals surface area contributed by atoms with E-state index in [4.69, 9.17) is 0 Å². The molecule has 0 aliphatic carbocycles. The molecule has 0 aliphatic rings. The largest absolute Gasteiger partial charge is 0.344 e.